The van der Waals surface area contributed by atoms with Gasteiger partial charge in [-0.1, -0.05) is 36.4 Å². The van der Waals surface area contributed by atoms with Crippen molar-refractivity contribution in [3.63, 3.8) is 0 Å². The Hall–Kier alpha value is -4.14. The number of carboxylic acids is 1. The van der Waals surface area contributed by atoms with Crippen LogP contribution in [0.2, 0.25) is 0 Å². The van der Waals surface area contributed by atoms with Crippen molar-refractivity contribution in [2.24, 2.45) is 5.73 Å². The number of nitrogens with two attached hydrogens (primary N) is 1. The van der Waals surface area contributed by atoms with Crippen molar-refractivity contribution in [2.75, 3.05) is 43.4 Å². The molecule has 0 atom stereocenters. The van der Waals surface area contributed by atoms with Crippen LogP contribution in [0, 0.1) is 5.41 Å². The lowest BCUT2D eigenvalue weighted by atomic mass is 10.0. The van der Waals surface area contributed by atoms with E-state index in [4.69, 9.17) is 11.1 Å². The van der Waals surface area contributed by atoms with Gasteiger partial charge in [-0.3, -0.25) is 10.2 Å². The standard InChI is InChI=1S/C29H31N5O3.ClH/c1-33-14-3-15-34(17-16-33)25-12-10-22(11-13-25)28(35)32-26-19-24(29(36)37)9-8-21(26)7-6-20-4-2-5-23(18-20)27(30)31;/h2,4-13,18-19H,3,14-17H2,1H3,(H3,30,31)(H,32,35)(H,36,37);1H/b7-6+;. The van der Waals surface area contributed by atoms with Crippen LogP contribution in [-0.2, 0) is 0 Å². The minimum atomic E-state index is -1.08. The summed E-state index contributed by atoms with van der Waals surface area (Å²) in [7, 11) is 2.13. The molecule has 0 aliphatic carbocycles. The number of anilines is 2. The number of halogens is 1. The van der Waals surface area contributed by atoms with Crippen molar-refractivity contribution >= 4 is 53.6 Å². The van der Waals surface area contributed by atoms with Crippen molar-refractivity contribution in [3.05, 3.63) is 94.5 Å². The van der Waals surface area contributed by atoms with Crippen LogP contribution in [0.1, 0.15) is 43.8 Å². The Kier molecular flexibility index (Phi) is 9.65. The number of rotatable bonds is 7. The molecule has 0 radical (unpaired) electrons. The van der Waals surface area contributed by atoms with E-state index >= 15 is 0 Å². The molecular formula is C29H32ClN5O3. The predicted molar refractivity (Wildman–Crippen MR) is 156 cm³/mol. The fourth-order valence-corrected chi connectivity index (χ4v) is 4.26. The molecule has 3 aromatic rings. The summed E-state index contributed by atoms with van der Waals surface area (Å²) in [5, 5.41) is 20.0. The largest absolute Gasteiger partial charge is 0.478 e. The van der Waals surface area contributed by atoms with E-state index in [0.29, 0.717) is 22.4 Å². The van der Waals surface area contributed by atoms with Gasteiger partial charge in [-0.2, -0.15) is 0 Å². The highest BCUT2D eigenvalue weighted by molar-refractivity contribution is 6.06. The molecule has 4 rings (SSSR count). The zero-order valence-corrected chi connectivity index (χ0v) is 22.0. The maximum absolute atomic E-state index is 13.1. The van der Waals surface area contributed by atoms with Crippen molar-refractivity contribution in [1.82, 2.24) is 4.90 Å². The van der Waals surface area contributed by atoms with Gasteiger partial charge < -0.3 is 26.0 Å². The molecule has 38 heavy (non-hydrogen) atoms. The van der Waals surface area contributed by atoms with Crippen LogP contribution in [-0.4, -0.2) is 60.9 Å². The van der Waals surface area contributed by atoms with E-state index in [1.807, 2.05) is 24.3 Å². The monoisotopic (exact) mass is 533 g/mol. The van der Waals surface area contributed by atoms with Crippen molar-refractivity contribution in [2.45, 2.75) is 6.42 Å². The van der Waals surface area contributed by atoms with E-state index in [9.17, 15) is 14.7 Å². The topological polar surface area (TPSA) is 123 Å². The number of hydrogen-bond acceptors (Lipinski definition) is 5. The summed E-state index contributed by atoms with van der Waals surface area (Å²) in [5.74, 6) is -1.42. The SMILES string of the molecule is CN1CCCN(c2ccc(C(=O)Nc3cc(C(=O)O)ccc3/C=C/c3cccc(C(=N)N)c3)cc2)CC1.Cl. The molecule has 1 saturated heterocycles. The number of likely N-dealkylation sites (N-methyl/N-ethyl adjacent to an activating group) is 1. The summed E-state index contributed by atoms with van der Waals surface area (Å²) in [5.41, 5.74) is 9.70. The average Bonchev–Trinajstić information content (AvgIpc) is 3.12. The fourth-order valence-electron chi connectivity index (χ4n) is 4.26. The molecular weight excluding hydrogens is 502 g/mol. The quantitative estimate of drug-likeness (QED) is 0.199. The highest BCUT2D eigenvalue weighted by Gasteiger charge is 2.15. The van der Waals surface area contributed by atoms with Gasteiger partial charge in [-0.05, 0) is 73.6 Å². The van der Waals surface area contributed by atoms with Crippen molar-refractivity contribution in [1.29, 1.82) is 5.41 Å². The van der Waals surface area contributed by atoms with E-state index in [-0.39, 0.29) is 29.7 Å². The highest BCUT2D eigenvalue weighted by Crippen LogP contribution is 2.23. The second-order valence-corrected chi connectivity index (χ2v) is 9.12. The number of amides is 1. The Labute approximate surface area is 228 Å². The van der Waals surface area contributed by atoms with Crippen LogP contribution in [0.3, 0.4) is 0 Å². The summed E-state index contributed by atoms with van der Waals surface area (Å²) in [6.45, 7) is 3.99. The lowest BCUT2D eigenvalue weighted by molar-refractivity contribution is 0.0696. The van der Waals surface area contributed by atoms with Gasteiger partial charge in [0.1, 0.15) is 5.84 Å². The summed E-state index contributed by atoms with van der Waals surface area (Å²) >= 11 is 0. The number of nitrogens with zero attached hydrogens (tertiary/aromatic N) is 2. The highest BCUT2D eigenvalue weighted by atomic mass is 35.5. The van der Waals surface area contributed by atoms with Crippen LogP contribution in [0.5, 0.6) is 0 Å². The van der Waals surface area contributed by atoms with Crippen molar-refractivity contribution in [3.8, 4) is 0 Å². The van der Waals surface area contributed by atoms with Gasteiger partial charge in [0.25, 0.3) is 5.91 Å². The summed E-state index contributed by atoms with van der Waals surface area (Å²) in [6.07, 6.45) is 4.71. The van der Waals surface area contributed by atoms with E-state index in [2.05, 4.69) is 22.2 Å². The zero-order valence-electron chi connectivity index (χ0n) is 21.2. The Morgan fingerprint density at radius 2 is 1.66 bits per heavy atom. The normalized spacial score (nSPS) is 14.0. The first kappa shape index (κ1) is 28.4. The third kappa shape index (κ3) is 7.21. The summed E-state index contributed by atoms with van der Waals surface area (Å²) in [4.78, 5) is 29.3. The van der Waals surface area contributed by atoms with Gasteiger partial charge in [0, 0.05) is 42.1 Å². The van der Waals surface area contributed by atoms with E-state index in [1.165, 1.54) is 12.1 Å². The number of nitrogen functional groups attached to an aromatic ring is 1. The Morgan fingerprint density at radius 3 is 2.37 bits per heavy atom. The molecule has 1 aliphatic rings. The summed E-state index contributed by atoms with van der Waals surface area (Å²) in [6, 6.07) is 19.3. The van der Waals surface area contributed by atoms with Gasteiger partial charge in [-0.25, -0.2) is 4.79 Å². The number of carbonyl (C=O) groups is 2. The smallest absolute Gasteiger partial charge is 0.335 e. The second kappa shape index (κ2) is 12.9. The van der Waals surface area contributed by atoms with E-state index in [0.717, 1.165) is 43.9 Å². The molecule has 0 bridgehead atoms. The minimum Gasteiger partial charge on any atom is -0.478 e. The van der Waals surface area contributed by atoms with Gasteiger partial charge in [0.05, 0.1) is 5.56 Å². The maximum Gasteiger partial charge on any atom is 0.335 e. The summed E-state index contributed by atoms with van der Waals surface area (Å²) < 4.78 is 0. The van der Waals surface area contributed by atoms with E-state index < -0.39 is 5.97 Å². The first-order valence-electron chi connectivity index (χ1n) is 12.1. The number of amidine groups is 1. The van der Waals surface area contributed by atoms with Gasteiger partial charge in [-0.15, -0.1) is 12.4 Å². The number of aromatic carboxylic acids is 1. The minimum absolute atomic E-state index is 0. The molecule has 0 saturated carbocycles. The molecule has 9 heteroatoms. The Balaban J connectivity index is 0.00000400. The second-order valence-electron chi connectivity index (χ2n) is 9.12. The number of carboxylic acid groups (broad SMARTS) is 1. The predicted octanol–water partition coefficient (Wildman–Crippen LogP) is 4.66. The molecule has 8 nitrogen and oxygen atoms in total. The Morgan fingerprint density at radius 1 is 0.921 bits per heavy atom. The molecule has 0 aromatic heterocycles. The number of nitrogens with one attached hydrogen (secondary N) is 2. The molecule has 0 spiro atoms. The molecule has 1 amide bonds. The van der Waals surface area contributed by atoms with Crippen LogP contribution in [0.4, 0.5) is 11.4 Å². The Bertz CT molecular complexity index is 1340. The van der Waals surface area contributed by atoms with E-state index in [1.54, 1.807) is 42.5 Å². The lowest BCUT2D eigenvalue weighted by Crippen LogP contribution is -2.28. The fraction of sp³-hybridized carbons (Fsp3) is 0.207. The zero-order chi connectivity index (χ0) is 26.4. The lowest BCUT2D eigenvalue weighted by Gasteiger charge is -2.23. The molecule has 5 N–H and O–H groups in total. The molecule has 1 fully saturated rings. The first-order valence-corrected chi connectivity index (χ1v) is 12.1. The van der Waals surface area contributed by atoms with Crippen LogP contribution in [0.15, 0.2) is 66.7 Å². The number of benzene rings is 3. The average molecular weight is 534 g/mol. The molecule has 198 valence electrons. The van der Waals surface area contributed by atoms with Gasteiger partial charge in [0.2, 0.25) is 0 Å². The molecule has 1 aliphatic heterocycles. The van der Waals surface area contributed by atoms with Gasteiger partial charge in [0.15, 0.2) is 0 Å². The van der Waals surface area contributed by atoms with Gasteiger partial charge >= 0.3 is 5.97 Å². The number of carbonyl (C=O) groups excluding carboxylic acids is 1. The first-order chi connectivity index (χ1) is 17.8. The third-order valence-electron chi connectivity index (χ3n) is 6.42. The van der Waals surface area contributed by atoms with Crippen LogP contribution < -0.4 is 16.0 Å². The van der Waals surface area contributed by atoms with Crippen LogP contribution in [0.25, 0.3) is 12.2 Å². The number of hydrogen-bond donors (Lipinski definition) is 4. The third-order valence-corrected chi connectivity index (χ3v) is 6.42. The molecule has 1 heterocycles. The van der Waals surface area contributed by atoms with Crippen LogP contribution >= 0.6 is 12.4 Å². The maximum atomic E-state index is 13.1. The molecule has 3 aromatic carbocycles. The van der Waals surface area contributed by atoms with Crippen molar-refractivity contribution < 1.29 is 14.7 Å². The molecule has 0 unspecified atom stereocenters.